The van der Waals surface area contributed by atoms with Crippen LogP contribution >= 0.6 is 11.3 Å². The van der Waals surface area contributed by atoms with Crippen LogP contribution in [0.15, 0.2) is 29.1 Å². The number of piperazine rings is 1. The average Bonchev–Trinajstić information content (AvgIpc) is 2.92. The topological polar surface area (TPSA) is 57.6 Å². The summed E-state index contributed by atoms with van der Waals surface area (Å²) in [5.74, 6) is -0.0691. The predicted octanol–water partition coefficient (Wildman–Crippen LogP) is 2.35. The maximum absolute atomic E-state index is 12.2. The van der Waals surface area contributed by atoms with Gasteiger partial charge in [-0.05, 0) is 45.0 Å². The number of benzene rings is 1. The fourth-order valence-corrected chi connectivity index (χ4v) is 4.25. The van der Waals surface area contributed by atoms with Crippen molar-refractivity contribution in [3.05, 3.63) is 50.1 Å². The van der Waals surface area contributed by atoms with Gasteiger partial charge in [-0.15, -0.1) is 0 Å². The number of likely N-dealkylation sites (N-methyl/N-ethyl adjacent to an activating group) is 1. The van der Waals surface area contributed by atoms with E-state index in [0.29, 0.717) is 13.0 Å². The van der Waals surface area contributed by atoms with Crippen molar-refractivity contribution in [1.29, 1.82) is 0 Å². The van der Waals surface area contributed by atoms with Crippen molar-refractivity contribution in [2.45, 2.75) is 33.2 Å². The van der Waals surface area contributed by atoms with E-state index >= 15 is 0 Å². The Labute approximate surface area is 170 Å². The lowest BCUT2D eigenvalue weighted by atomic mass is 10.1. The molecular formula is C21H30N4O2S. The van der Waals surface area contributed by atoms with Gasteiger partial charge in [-0.1, -0.05) is 23.5 Å². The van der Waals surface area contributed by atoms with Crippen LogP contribution in [0.1, 0.15) is 22.6 Å². The summed E-state index contributed by atoms with van der Waals surface area (Å²) in [6, 6.07) is 8.10. The molecular weight excluding hydrogens is 372 g/mol. The SMILES string of the molecule is Cc1sc(=O)n(CCC(=O)Nc2ccc(CCN3CCN(C)CC3)cc2)c1C. The lowest BCUT2D eigenvalue weighted by molar-refractivity contribution is -0.116. The first-order chi connectivity index (χ1) is 13.4. The van der Waals surface area contributed by atoms with Crippen LogP contribution in [0.4, 0.5) is 5.69 Å². The molecule has 1 amide bonds. The summed E-state index contributed by atoms with van der Waals surface area (Å²) in [5, 5.41) is 2.93. The average molecular weight is 403 g/mol. The second kappa shape index (κ2) is 9.49. The summed E-state index contributed by atoms with van der Waals surface area (Å²) < 4.78 is 1.68. The number of rotatable bonds is 7. The molecule has 1 aromatic carbocycles. The molecule has 0 atom stereocenters. The van der Waals surface area contributed by atoms with E-state index in [1.54, 1.807) is 4.57 Å². The van der Waals surface area contributed by atoms with Gasteiger partial charge in [0.05, 0.1) is 0 Å². The molecule has 6 nitrogen and oxygen atoms in total. The highest BCUT2D eigenvalue weighted by Crippen LogP contribution is 2.13. The van der Waals surface area contributed by atoms with Gasteiger partial charge < -0.3 is 19.7 Å². The fraction of sp³-hybridized carbons (Fsp3) is 0.524. The molecule has 0 saturated carbocycles. The standard InChI is InChI=1S/C21H30N4O2S/c1-16-17(2)28-21(27)25(16)11-9-20(26)22-19-6-4-18(5-7-19)8-10-24-14-12-23(3)13-15-24/h4-7H,8-15H2,1-3H3,(H,22,26). The molecule has 2 heterocycles. The van der Waals surface area contributed by atoms with Crippen molar-refractivity contribution in [3.8, 4) is 0 Å². The van der Waals surface area contributed by atoms with E-state index in [0.717, 1.165) is 55.4 Å². The zero-order valence-electron chi connectivity index (χ0n) is 17.0. The van der Waals surface area contributed by atoms with E-state index in [-0.39, 0.29) is 10.8 Å². The van der Waals surface area contributed by atoms with Crippen molar-refractivity contribution < 1.29 is 4.79 Å². The van der Waals surface area contributed by atoms with Crippen LogP contribution in [0.5, 0.6) is 0 Å². The Hall–Kier alpha value is -1.96. The number of aryl methyl sites for hydroxylation is 1. The number of hydrogen-bond acceptors (Lipinski definition) is 5. The lowest BCUT2D eigenvalue weighted by Gasteiger charge is -2.32. The van der Waals surface area contributed by atoms with Crippen LogP contribution in [0, 0.1) is 13.8 Å². The Kier molecular flexibility index (Phi) is 7.04. The van der Waals surface area contributed by atoms with Crippen LogP contribution in [0.3, 0.4) is 0 Å². The van der Waals surface area contributed by atoms with Crippen LogP contribution < -0.4 is 10.2 Å². The van der Waals surface area contributed by atoms with Crippen molar-refractivity contribution in [1.82, 2.24) is 14.4 Å². The smallest absolute Gasteiger partial charge is 0.307 e. The fourth-order valence-electron chi connectivity index (χ4n) is 3.40. The van der Waals surface area contributed by atoms with Crippen molar-refractivity contribution in [3.63, 3.8) is 0 Å². The Balaban J connectivity index is 1.44. The molecule has 3 rings (SSSR count). The van der Waals surface area contributed by atoms with Gasteiger partial charge in [0, 0.05) is 61.9 Å². The Morgan fingerprint density at radius 3 is 2.36 bits per heavy atom. The quantitative estimate of drug-likeness (QED) is 0.772. The molecule has 28 heavy (non-hydrogen) atoms. The summed E-state index contributed by atoms with van der Waals surface area (Å²) in [7, 11) is 2.17. The van der Waals surface area contributed by atoms with E-state index < -0.39 is 0 Å². The summed E-state index contributed by atoms with van der Waals surface area (Å²) in [6.07, 6.45) is 1.32. The number of carbonyl (C=O) groups excluding carboxylic acids is 1. The zero-order chi connectivity index (χ0) is 20.1. The largest absolute Gasteiger partial charge is 0.326 e. The lowest BCUT2D eigenvalue weighted by Crippen LogP contribution is -2.45. The van der Waals surface area contributed by atoms with E-state index in [4.69, 9.17) is 0 Å². The first-order valence-electron chi connectivity index (χ1n) is 9.89. The molecule has 0 unspecified atom stereocenters. The highest BCUT2D eigenvalue weighted by atomic mass is 32.1. The summed E-state index contributed by atoms with van der Waals surface area (Å²) in [6.45, 7) is 9.91. The molecule has 1 saturated heterocycles. The van der Waals surface area contributed by atoms with Gasteiger partial charge in [-0.3, -0.25) is 9.59 Å². The van der Waals surface area contributed by atoms with Crippen LogP contribution in [0.2, 0.25) is 0 Å². The molecule has 0 spiro atoms. The van der Waals surface area contributed by atoms with Gasteiger partial charge >= 0.3 is 4.87 Å². The van der Waals surface area contributed by atoms with Gasteiger partial charge in [-0.25, -0.2) is 0 Å². The molecule has 0 bridgehead atoms. The first kappa shape index (κ1) is 20.8. The number of thiazole rings is 1. The van der Waals surface area contributed by atoms with Crippen LogP contribution in [-0.2, 0) is 17.8 Å². The van der Waals surface area contributed by atoms with Crippen molar-refractivity contribution in [2.75, 3.05) is 45.1 Å². The highest BCUT2D eigenvalue weighted by molar-refractivity contribution is 7.09. The molecule has 1 aromatic heterocycles. The maximum atomic E-state index is 12.2. The molecule has 0 radical (unpaired) electrons. The van der Waals surface area contributed by atoms with Gasteiger partial charge in [0.1, 0.15) is 0 Å². The molecule has 1 N–H and O–H groups in total. The minimum atomic E-state index is -0.0691. The second-order valence-electron chi connectivity index (χ2n) is 7.55. The number of nitrogens with zero attached hydrogens (tertiary/aromatic N) is 3. The second-order valence-corrected chi connectivity index (χ2v) is 8.72. The number of amides is 1. The Morgan fingerprint density at radius 2 is 1.75 bits per heavy atom. The molecule has 7 heteroatoms. The van der Waals surface area contributed by atoms with E-state index in [1.165, 1.54) is 16.9 Å². The number of carbonyl (C=O) groups is 1. The van der Waals surface area contributed by atoms with Crippen LogP contribution in [-0.4, -0.2) is 60.0 Å². The molecule has 0 aliphatic carbocycles. The van der Waals surface area contributed by atoms with Crippen molar-refractivity contribution >= 4 is 22.9 Å². The summed E-state index contributed by atoms with van der Waals surface area (Å²) in [5.41, 5.74) is 3.04. The normalized spacial score (nSPS) is 15.7. The predicted molar refractivity (Wildman–Crippen MR) is 115 cm³/mol. The number of nitrogens with one attached hydrogen (secondary N) is 1. The summed E-state index contributed by atoms with van der Waals surface area (Å²) in [4.78, 5) is 30.0. The van der Waals surface area contributed by atoms with Gasteiger partial charge in [0.15, 0.2) is 0 Å². The third-order valence-corrected chi connectivity index (χ3v) is 6.48. The molecule has 152 valence electrons. The Bertz CT molecular complexity index is 848. The first-order valence-corrected chi connectivity index (χ1v) is 10.7. The zero-order valence-corrected chi connectivity index (χ0v) is 17.8. The monoisotopic (exact) mass is 402 g/mol. The molecule has 1 aliphatic heterocycles. The molecule has 2 aromatic rings. The number of anilines is 1. The molecule has 1 fully saturated rings. The van der Waals surface area contributed by atoms with E-state index in [1.807, 2.05) is 26.0 Å². The highest BCUT2D eigenvalue weighted by Gasteiger charge is 2.13. The van der Waals surface area contributed by atoms with Gasteiger partial charge in [-0.2, -0.15) is 0 Å². The van der Waals surface area contributed by atoms with Gasteiger partial charge in [0.2, 0.25) is 5.91 Å². The Morgan fingerprint density at radius 1 is 1.07 bits per heavy atom. The minimum Gasteiger partial charge on any atom is -0.326 e. The van der Waals surface area contributed by atoms with Crippen LogP contribution in [0.25, 0.3) is 0 Å². The number of aromatic nitrogens is 1. The third kappa shape index (κ3) is 5.53. The number of hydrogen-bond donors (Lipinski definition) is 1. The molecule has 1 aliphatic rings. The van der Waals surface area contributed by atoms with E-state index in [9.17, 15) is 9.59 Å². The van der Waals surface area contributed by atoms with Gasteiger partial charge in [0.25, 0.3) is 0 Å². The third-order valence-electron chi connectivity index (χ3n) is 5.49. The minimum absolute atomic E-state index is 0.00695. The van der Waals surface area contributed by atoms with E-state index in [2.05, 4.69) is 34.3 Å². The summed E-state index contributed by atoms with van der Waals surface area (Å²) >= 11 is 1.24. The maximum Gasteiger partial charge on any atom is 0.307 e. The van der Waals surface area contributed by atoms with Crippen molar-refractivity contribution in [2.24, 2.45) is 0 Å².